The van der Waals surface area contributed by atoms with Crippen LogP contribution in [0.4, 0.5) is 0 Å². The molecule has 0 aliphatic carbocycles. The molecule has 1 aromatic heterocycles. The van der Waals surface area contributed by atoms with Crippen LogP contribution in [0.1, 0.15) is 5.56 Å². The van der Waals surface area contributed by atoms with Gasteiger partial charge in [0, 0.05) is 28.9 Å². The van der Waals surface area contributed by atoms with Gasteiger partial charge in [-0.3, -0.25) is 10.2 Å². The zero-order valence-electron chi connectivity index (χ0n) is 18.3. The maximum atomic E-state index is 12.7. The number of amidine groups is 3. The van der Waals surface area contributed by atoms with E-state index < -0.39 is 15.7 Å². The van der Waals surface area contributed by atoms with E-state index >= 15 is 0 Å². The van der Waals surface area contributed by atoms with E-state index in [9.17, 15) is 13.2 Å². The van der Waals surface area contributed by atoms with Crippen LogP contribution in [-0.2, 0) is 21.2 Å². The Morgan fingerprint density at radius 2 is 1.91 bits per heavy atom. The number of ether oxygens (including phenoxy) is 1. The number of nitrogens with one attached hydrogen (secondary N) is 1. The van der Waals surface area contributed by atoms with Gasteiger partial charge in [0.15, 0.2) is 0 Å². The predicted octanol–water partition coefficient (Wildman–Crippen LogP) is 3.99. The van der Waals surface area contributed by atoms with Crippen molar-refractivity contribution < 1.29 is 17.9 Å². The Morgan fingerprint density at radius 1 is 1.17 bits per heavy atom. The van der Waals surface area contributed by atoms with Gasteiger partial charge in [-0.1, -0.05) is 41.9 Å². The molecule has 0 atom stereocenters. The quantitative estimate of drug-likeness (QED) is 0.396. The van der Waals surface area contributed by atoms with Gasteiger partial charge in [0.25, 0.3) is 5.91 Å². The molecule has 0 bridgehead atoms. The lowest BCUT2D eigenvalue weighted by molar-refractivity contribution is -0.114. The molecule has 0 fully saturated rings. The molecule has 2 aliphatic heterocycles. The van der Waals surface area contributed by atoms with Crippen LogP contribution in [0.15, 0.2) is 69.7 Å². The van der Waals surface area contributed by atoms with Crippen LogP contribution in [-0.4, -0.2) is 52.8 Å². The third-order valence-corrected chi connectivity index (χ3v) is 7.44. The van der Waals surface area contributed by atoms with Gasteiger partial charge in [0.1, 0.15) is 18.2 Å². The fourth-order valence-electron chi connectivity index (χ4n) is 3.78. The van der Waals surface area contributed by atoms with Crippen LogP contribution in [0.3, 0.4) is 0 Å². The molecular weight excluding hydrogens is 510 g/mol. The van der Waals surface area contributed by atoms with E-state index in [-0.39, 0.29) is 21.7 Å². The summed E-state index contributed by atoms with van der Waals surface area (Å²) in [5, 5.41) is 9.69. The second-order valence-corrected chi connectivity index (χ2v) is 10.8. The predicted molar refractivity (Wildman–Crippen MR) is 139 cm³/mol. The van der Waals surface area contributed by atoms with Crippen molar-refractivity contribution in [2.45, 2.75) is 6.54 Å². The maximum absolute atomic E-state index is 12.7. The van der Waals surface area contributed by atoms with Gasteiger partial charge < -0.3 is 9.30 Å². The number of para-hydroxylation sites is 2. The van der Waals surface area contributed by atoms with Crippen molar-refractivity contribution in [3.05, 3.63) is 70.9 Å². The fourth-order valence-corrected chi connectivity index (χ4v) is 5.82. The average Bonchev–Trinajstić information content (AvgIpc) is 3.40. The molecule has 5 rings (SSSR count). The van der Waals surface area contributed by atoms with E-state index in [1.165, 1.54) is 0 Å². The number of carbonyl (C=O) groups is 1. The molecule has 35 heavy (non-hydrogen) atoms. The zero-order chi connectivity index (χ0) is 24.7. The Bertz CT molecular complexity index is 1590. The molecule has 0 spiro atoms. The molecule has 12 heteroatoms. The summed E-state index contributed by atoms with van der Waals surface area (Å²) in [6.07, 6.45) is 4.42. The Morgan fingerprint density at radius 3 is 2.69 bits per heavy atom. The Kier molecular flexibility index (Phi) is 5.99. The fraction of sp³-hybridized carbons (Fsp3) is 0.130. The van der Waals surface area contributed by atoms with E-state index in [1.54, 1.807) is 18.2 Å². The number of aliphatic imine (C=N–C) groups is 1. The third-order valence-electron chi connectivity index (χ3n) is 5.37. The molecule has 0 saturated heterocycles. The van der Waals surface area contributed by atoms with Crippen molar-refractivity contribution in [2.75, 3.05) is 12.9 Å². The molecule has 0 saturated carbocycles. The molecule has 2 aromatic carbocycles. The van der Waals surface area contributed by atoms with Crippen LogP contribution in [0.25, 0.3) is 17.0 Å². The number of amides is 1. The number of hydrogen-bond acceptors (Lipinski definition) is 7. The topological polar surface area (TPSA) is 117 Å². The third kappa shape index (κ3) is 4.38. The van der Waals surface area contributed by atoms with E-state index in [2.05, 4.69) is 9.39 Å². The highest BCUT2D eigenvalue weighted by molar-refractivity contribution is 8.16. The standard InChI is InChI=1S/C23H18ClN5O4S2/c1-35(31,32)23-27-34-22-26-21(30)16(20(25)29(22)23)12-14-13-28(18-8-4-2-6-15(14)18)10-11-33-19-9-5-3-7-17(19)24/h2-9,12-13,25H,10-11H2,1H3. The number of sulfone groups is 1. The SMILES string of the molecule is CS(=O)(=O)C1=NSC2=NC(=O)C(=Cc3cn(CCOc4ccccc4Cl)c4ccccc34)C(=N)N21. The van der Waals surface area contributed by atoms with Crippen LogP contribution >= 0.6 is 23.5 Å². The molecular formula is C23H18ClN5O4S2. The van der Waals surface area contributed by atoms with Crippen LogP contribution in [0, 0.1) is 5.41 Å². The lowest BCUT2D eigenvalue weighted by atomic mass is 10.1. The zero-order valence-corrected chi connectivity index (χ0v) is 20.7. The van der Waals surface area contributed by atoms with E-state index in [4.69, 9.17) is 21.7 Å². The minimum Gasteiger partial charge on any atom is -0.490 e. The maximum Gasteiger partial charge on any atom is 0.283 e. The summed E-state index contributed by atoms with van der Waals surface area (Å²) in [6.45, 7) is 0.871. The average molecular weight is 528 g/mol. The first-order valence-corrected chi connectivity index (χ1v) is 13.4. The van der Waals surface area contributed by atoms with Crippen molar-refractivity contribution in [3.8, 4) is 5.75 Å². The molecule has 3 heterocycles. The molecule has 1 amide bonds. The number of fused-ring (bicyclic) bond motifs is 2. The normalized spacial score (nSPS) is 17.1. The number of rotatable bonds is 5. The highest BCUT2D eigenvalue weighted by Crippen LogP contribution is 2.31. The molecule has 3 aromatic rings. The highest BCUT2D eigenvalue weighted by Gasteiger charge is 2.41. The second kappa shape index (κ2) is 8.99. The summed E-state index contributed by atoms with van der Waals surface area (Å²) in [6, 6.07) is 14.9. The van der Waals surface area contributed by atoms with Crippen molar-refractivity contribution in [1.82, 2.24) is 9.47 Å². The molecule has 0 radical (unpaired) electrons. The van der Waals surface area contributed by atoms with Crippen LogP contribution in [0.2, 0.25) is 5.02 Å². The summed E-state index contributed by atoms with van der Waals surface area (Å²) < 4.78 is 35.9. The van der Waals surface area contributed by atoms with Crippen molar-refractivity contribution in [2.24, 2.45) is 9.39 Å². The molecule has 1 N–H and O–H groups in total. The monoisotopic (exact) mass is 527 g/mol. The largest absolute Gasteiger partial charge is 0.490 e. The summed E-state index contributed by atoms with van der Waals surface area (Å²) >= 11 is 6.92. The van der Waals surface area contributed by atoms with E-state index in [0.29, 0.717) is 29.5 Å². The van der Waals surface area contributed by atoms with Crippen molar-refractivity contribution in [1.29, 1.82) is 5.41 Å². The van der Waals surface area contributed by atoms with E-state index in [1.807, 2.05) is 47.2 Å². The molecule has 2 aliphatic rings. The minimum atomic E-state index is -3.72. The molecule has 0 unspecified atom stereocenters. The molecule has 178 valence electrons. The minimum absolute atomic E-state index is 0.0252. The highest BCUT2D eigenvalue weighted by atomic mass is 35.5. The first kappa shape index (κ1) is 23.3. The first-order chi connectivity index (χ1) is 16.7. The summed E-state index contributed by atoms with van der Waals surface area (Å²) in [5.74, 6) is -0.319. The number of hydrogen-bond donors (Lipinski definition) is 1. The van der Waals surface area contributed by atoms with Gasteiger partial charge in [0.05, 0.1) is 29.1 Å². The second-order valence-electron chi connectivity index (χ2n) is 7.75. The Balaban J connectivity index is 1.47. The summed E-state index contributed by atoms with van der Waals surface area (Å²) in [5.41, 5.74) is 1.58. The number of aromatic nitrogens is 1. The summed E-state index contributed by atoms with van der Waals surface area (Å²) in [7, 11) is -3.72. The van der Waals surface area contributed by atoms with E-state index in [0.717, 1.165) is 34.0 Å². The Labute approximate surface area is 210 Å². The Hall–Kier alpha value is -3.41. The number of carbonyl (C=O) groups excluding carboxylic acids is 1. The molecule has 9 nitrogen and oxygen atoms in total. The van der Waals surface area contributed by atoms with Gasteiger partial charge in [-0.2, -0.15) is 9.39 Å². The number of halogens is 1. The van der Waals surface area contributed by atoms with Gasteiger partial charge in [0.2, 0.25) is 20.2 Å². The van der Waals surface area contributed by atoms with Gasteiger partial charge in [-0.05, 0) is 24.3 Å². The summed E-state index contributed by atoms with van der Waals surface area (Å²) in [4.78, 5) is 17.8. The smallest absolute Gasteiger partial charge is 0.283 e. The number of benzene rings is 2. The van der Waals surface area contributed by atoms with Gasteiger partial charge in [-0.15, -0.1) is 0 Å². The van der Waals surface area contributed by atoms with Crippen molar-refractivity contribution >= 4 is 72.4 Å². The van der Waals surface area contributed by atoms with Gasteiger partial charge in [-0.25, -0.2) is 13.3 Å². The lowest BCUT2D eigenvalue weighted by Gasteiger charge is -2.23. The van der Waals surface area contributed by atoms with Crippen LogP contribution in [0.5, 0.6) is 5.75 Å². The van der Waals surface area contributed by atoms with Gasteiger partial charge >= 0.3 is 0 Å². The number of nitrogens with zero attached hydrogens (tertiary/aromatic N) is 4. The lowest BCUT2D eigenvalue weighted by Crippen LogP contribution is -2.45. The first-order valence-electron chi connectivity index (χ1n) is 10.4. The van der Waals surface area contributed by atoms with Crippen molar-refractivity contribution in [3.63, 3.8) is 0 Å². The van der Waals surface area contributed by atoms with Crippen LogP contribution < -0.4 is 4.74 Å².